The highest BCUT2D eigenvalue weighted by atomic mass is 16.5. The van der Waals surface area contributed by atoms with E-state index in [4.69, 9.17) is 9.15 Å². The van der Waals surface area contributed by atoms with Crippen LogP contribution in [0.25, 0.3) is 6.08 Å². The van der Waals surface area contributed by atoms with E-state index in [2.05, 4.69) is 0 Å². The summed E-state index contributed by atoms with van der Waals surface area (Å²) in [4.78, 5) is 11.8. The molecule has 0 N–H and O–H groups in total. The Balaban J connectivity index is 2.04. The molecule has 0 amide bonds. The van der Waals surface area contributed by atoms with Crippen molar-refractivity contribution < 1.29 is 13.9 Å². The Hall–Kier alpha value is -2.29. The molecule has 3 nitrogen and oxygen atoms in total. The molecule has 0 bridgehead atoms. The van der Waals surface area contributed by atoms with Crippen LogP contribution in [-0.4, -0.2) is 12.4 Å². The molecule has 1 heterocycles. The Bertz CT molecular complexity index is 521. The third kappa shape index (κ3) is 3.10. The maximum absolute atomic E-state index is 11.8. The maximum Gasteiger partial charge on any atom is 0.185 e. The van der Waals surface area contributed by atoms with Gasteiger partial charge in [0, 0.05) is 5.56 Å². The van der Waals surface area contributed by atoms with E-state index in [-0.39, 0.29) is 5.78 Å². The first-order chi connectivity index (χ1) is 8.79. The van der Waals surface area contributed by atoms with Gasteiger partial charge in [0.15, 0.2) is 5.78 Å². The molecule has 0 radical (unpaired) electrons. The average Bonchev–Trinajstić information content (AvgIpc) is 2.90. The number of carbonyl (C=O) groups is 1. The Kier molecular flexibility index (Phi) is 3.97. The second-order valence-corrected chi connectivity index (χ2v) is 3.67. The zero-order valence-electron chi connectivity index (χ0n) is 10.1. The molecule has 0 spiro atoms. The minimum absolute atomic E-state index is 0.0607. The first kappa shape index (κ1) is 12.2. The lowest BCUT2D eigenvalue weighted by Crippen LogP contribution is -1.95. The molecule has 0 aliphatic rings. The van der Waals surface area contributed by atoms with Crippen molar-refractivity contribution in [2.75, 3.05) is 6.61 Å². The highest BCUT2D eigenvalue weighted by Gasteiger charge is 2.02. The Morgan fingerprint density at radius 1 is 1.28 bits per heavy atom. The number of benzene rings is 1. The van der Waals surface area contributed by atoms with Gasteiger partial charge in [-0.3, -0.25) is 4.79 Å². The summed E-state index contributed by atoms with van der Waals surface area (Å²) in [7, 11) is 0. The molecule has 0 aliphatic carbocycles. The Morgan fingerprint density at radius 2 is 2.06 bits per heavy atom. The fourth-order valence-corrected chi connectivity index (χ4v) is 1.52. The van der Waals surface area contributed by atoms with Gasteiger partial charge in [-0.1, -0.05) is 0 Å². The number of furan rings is 1. The van der Waals surface area contributed by atoms with Gasteiger partial charge >= 0.3 is 0 Å². The van der Waals surface area contributed by atoms with Crippen LogP contribution in [0.5, 0.6) is 5.75 Å². The van der Waals surface area contributed by atoms with Gasteiger partial charge in [-0.2, -0.15) is 0 Å². The monoisotopic (exact) mass is 242 g/mol. The van der Waals surface area contributed by atoms with E-state index in [0.29, 0.717) is 17.9 Å². The van der Waals surface area contributed by atoms with Crippen LogP contribution in [0.3, 0.4) is 0 Å². The lowest BCUT2D eigenvalue weighted by atomic mass is 10.1. The summed E-state index contributed by atoms with van der Waals surface area (Å²) in [5.74, 6) is 1.37. The third-order valence-corrected chi connectivity index (χ3v) is 2.39. The van der Waals surface area contributed by atoms with Crippen molar-refractivity contribution in [3.63, 3.8) is 0 Å². The minimum atomic E-state index is -0.0607. The summed E-state index contributed by atoms with van der Waals surface area (Å²) in [6, 6.07) is 10.7. The predicted molar refractivity (Wildman–Crippen MR) is 69.7 cm³/mol. The summed E-state index contributed by atoms with van der Waals surface area (Å²) in [6.07, 6.45) is 4.72. The summed E-state index contributed by atoms with van der Waals surface area (Å²) in [5, 5.41) is 0. The van der Waals surface area contributed by atoms with Gasteiger partial charge in [0.25, 0.3) is 0 Å². The third-order valence-electron chi connectivity index (χ3n) is 2.39. The van der Waals surface area contributed by atoms with E-state index >= 15 is 0 Å². The first-order valence-corrected chi connectivity index (χ1v) is 5.78. The second-order valence-electron chi connectivity index (χ2n) is 3.67. The van der Waals surface area contributed by atoms with Crippen molar-refractivity contribution in [1.82, 2.24) is 0 Å². The summed E-state index contributed by atoms with van der Waals surface area (Å²) in [5.41, 5.74) is 0.626. The molecule has 3 heteroatoms. The van der Waals surface area contributed by atoms with Gasteiger partial charge in [0.2, 0.25) is 0 Å². The number of allylic oxidation sites excluding steroid dienone is 1. The van der Waals surface area contributed by atoms with Gasteiger partial charge < -0.3 is 9.15 Å². The summed E-state index contributed by atoms with van der Waals surface area (Å²) in [6.45, 7) is 2.54. The molecule has 0 fully saturated rings. The smallest absolute Gasteiger partial charge is 0.185 e. The van der Waals surface area contributed by atoms with Crippen LogP contribution >= 0.6 is 0 Å². The van der Waals surface area contributed by atoms with Crippen molar-refractivity contribution in [3.8, 4) is 5.75 Å². The SMILES string of the molecule is CCOc1ccc(C(=O)/C=C\c2ccco2)cc1. The highest BCUT2D eigenvalue weighted by molar-refractivity contribution is 6.06. The fourth-order valence-electron chi connectivity index (χ4n) is 1.52. The average molecular weight is 242 g/mol. The number of carbonyl (C=O) groups excluding carboxylic acids is 1. The van der Waals surface area contributed by atoms with E-state index in [1.807, 2.05) is 6.92 Å². The van der Waals surface area contributed by atoms with Crippen LogP contribution in [0, 0.1) is 0 Å². The fraction of sp³-hybridized carbons (Fsp3) is 0.133. The molecule has 1 aromatic carbocycles. The van der Waals surface area contributed by atoms with Gasteiger partial charge in [0.1, 0.15) is 11.5 Å². The molecule has 0 saturated heterocycles. The molecular weight excluding hydrogens is 228 g/mol. The van der Waals surface area contributed by atoms with E-state index in [1.165, 1.54) is 6.08 Å². The first-order valence-electron chi connectivity index (χ1n) is 5.78. The largest absolute Gasteiger partial charge is 0.494 e. The number of rotatable bonds is 5. The van der Waals surface area contributed by atoms with Gasteiger partial charge in [-0.25, -0.2) is 0 Å². The topological polar surface area (TPSA) is 39.4 Å². The van der Waals surface area contributed by atoms with Crippen molar-refractivity contribution in [1.29, 1.82) is 0 Å². The van der Waals surface area contributed by atoms with E-state index in [9.17, 15) is 4.79 Å². The molecule has 2 aromatic rings. The number of hydrogen-bond donors (Lipinski definition) is 0. The second kappa shape index (κ2) is 5.87. The van der Waals surface area contributed by atoms with Gasteiger partial charge in [-0.15, -0.1) is 0 Å². The number of hydrogen-bond acceptors (Lipinski definition) is 3. The molecule has 0 aliphatic heterocycles. The van der Waals surface area contributed by atoms with Crippen molar-refractivity contribution in [2.24, 2.45) is 0 Å². The van der Waals surface area contributed by atoms with Crippen LogP contribution in [0.1, 0.15) is 23.0 Å². The molecule has 1 aromatic heterocycles. The predicted octanol–water partition coefficient (Wildman–Crippen LogP) is 3.57. The van der Waals surface area contributed by atoms with Crippen molar-refractivity contribution in [2.45, 2.75) is 6.92 Å². The molecule has 2 rings (SSSR count). The standard InChI is InChI=1S/C15H14O3/c1-2-17-14-7-5-12(6-8-14)15(16)10-9-13-4-3-11-18-13/h3-11H,2H2,1H3/b10-9-. The van der Waals surface area contributed by atoms with E-state index in [0.717, 1.165) is 5.75 Å². The van der Waals surface area contributed by atoms with Crippen molar-refractivity contribution >= 4 is 11.9 Å². The molecule has 0 unspecified atom stereocenters. The van der Waals surface area contributed by atoms with E-state index < -0.39 is 0 Å². The lowest BCUT2D eigenvalue weighted by Gasteiger charge is -2.02. The van der Waals surface area contributed by atoms with Crippen LogP contribution < -0.4 is 4.74 Å². The molecule has 0 atom stereocenters. The van der Waals surface area contributed by atoms with Crippen LogP contribution in [-0.2, 0) is 0 Å². The quantitative estimate of drug-likeness (QED) is 0.594. The minimum Gasteiger partial charge on any atom is -0.494 e. The maximum atomic E-state index is 11.8. The molecule has 0 saturated carbocycles. The molecular formula is C15H14O3. The van der Waals surface area contributed by atoms with E-state index in [1.54, 1.807) is 48.7 Å². The molecule has 92 valence electrons. The zero-order chi connectivity index (χ0) is 12.8. The molecule has 18 heavy (non-hydrogen) atoms. The Morgan fingerprint density at radius 3 is 2.67 bits per heavy atom. The Labute approximate surface area is 106 Å². The lowest BCUT2D eigenvalue weighted by molar-refractivity contribution is 0.104. The number of ketones is 1. The van der Waals surface area contributed by atoms with Crippen molar-refractivity contribution in [3.05, 3.63) is 60.1 Å². The zero-order valence-corrected chi connectivity index (χ0v) is 10.1. The van der Waals surface area contributed by atoms with Crippen LogP contribution in [0.4, 0.5) is 0 Å². The number of ether oxygens (including phenoxy) is 1. The normalized spacial score (nSPS) is 10.7. The summed E-state index contributed by atoms with van der Waals surface area (Å²) >= 11 is 0. The van der Waals surface area contributed by atoms with Crippen LogP contribution in [0.15, 0.2) is 53.2 Å². The van der Waals surface area contributed by atoms with Gasteiger partial charge in [-0.05, 0) is 55.5 Å². The van der Waals surface area contributed by atoms with Crippen LogP contribution in [0.2, 0.25) is 0 Å². The highest BCUT2D eigenvalue weighted by Crippen LogP contribution is 2.13. The van der Waals surface area contributed by atoms with Gasteiger partial charge in [0.05, 0.1) is 12.9 Å². The summed E-state index contributed by atoms with van der Waals surface area (Å²) < 4.78 is 10.4.